The molecule has 1 saturated heterocycles. The maximum Gasteiger partial charge on any atom is 0.243 e. The van der Waals surface area contributed by atoms with Crippen molar-refractivity contribution >= 4 is 71.0 Å². The summed E-state index contributed by atoms with van der Waals surface area (Å²) in [5.41, 5.74) is 33.2. The molecule has 0 bridgehead atoms. The van der Waals surface area contributed by atoms with Gasteiger partial charge in [0.2, 0.25) is 59.1 Å². The van der Waals surface area contributed by atoms with Crippen LogP contribution in [0.1, 0.15) is 70.3 Å². The van der Waals surface area contributed by atoms with Crippen LogP contribution in [0.5, 0.6) is 0 Å². The third kappa shape index (κ3) is 21.9. The van der Waals surface area contributed by atoms with Crippen LogP contribution in [-0.2, 0) is 54.4 Å². The molecular formula is C39H62N16O10. The molecule has 10 amide bonds. The summed E-state index contributed by atoms with van der Waals surface area (Å²) in [6.45, 7) is 0.597. The predicted molar refractivity (Wildman–Crippen MR) is 235 cm³/mol. The normalized spacial score (nSPS) is 21.2. The van der Waals surface area contributed by atoms with Crippen LogP contribution in [0.25, 0.3) is 0 Å². The van der Waals surface area contributed by atoms with Crippen molar-refractivity contribution in [2.24, 2.45) is 44.4 Å². The Bertz CT molecular complexity index is 1910. The van der Waals surface area contributed by atoms with Crippen molar-refractivity contribution in [1.29, 1.82) is 0 Å². The molecular weight excluding hydrogens is 853 g/mol. The first-order chi connectivity index (χ1) is 30.7. The number of carbonyl (C=O) groups is 10. The molecule has 1 aromatic rings. The molecule has 0 spiro atoms. The summed E-state index contributed by atoms with van der Waals surface area (Å²) in [6, 6.07) is -0.0761. The number of nitrogens with zero attached hydrogens (tertiary/aromatic N) is 2. The Hall–Kier alpha value is -7.54. The molecule has 26 nitrogen and oxygen atoms in total. The largest absolute Gasteiger partial charge is 0.370 e. The summed E-state index contributed by atoms with van der Waals surface area (Å²) in [7, 11) is 0. The summed E-state index contributed by atoms with van der Waals surface area (Å²) < 4.78 is 0. The van der Waals surface area contributed by atoms with Crippen LogP contribution in [0.3, 0.4) is 0 Å². The third-order valence-electron chi connectivity index (χ3n) is 9.56. The number of hydrogen-bond acceptors (Lipinski definition) is 12. The molecule has 0 aromatic heterocycles. The molecule has 0 saturated carbocycles. The number of benzene rings is 1. The number of guanidine groups is 2. The topological polar surface area (TPSA) is 448 Å². The highest BCUT2D eigenvalue weighted by molar-refractivity contribution is 5.98. The summed E-state index contributed by atoms with van der Waals surface area (Å²) in [6.07, 6.45) is -1.24. The Morgan fingerprint density at radius 3 is 1.95 bits per heavy atom. The Kier molecular flexibility index (Phi) is 23.3. The molecule has 1 aliphatic heterocycles. The first-order valence-corrected chi connectivity index (χ1v) is 20.8. The number of nitrogens with one attached hydrogen (secondary N) is 8. The van der Waals surface area contributed by atoms with Crippen LogP contribution in [0.2, 0.25) is 0 Å². The van der Waals surface area contributed by atoms with Crippen LogP contribution < -0.4 is 76.9 Å². The van der Waals surface area contributed by atoms with E-state index in [2.05, 4.69) is 52.5 Å². The van der Waals surface area contributed by atoms with Gasteiger partial charge in [0.25, 0.3) is 0 Å². The quantitative estimate of drug-likeness (QED) is 0.0417. The number of aliphatic imine (C=N–C) groups is 2. The van der Waals surface area contributed by atoms with Gasteiger partial charge in [-0.25, -0.2) is 0 Å². The van der Waals surface area contributed by atoms with Gasteiger partial charge in [-0.3, -0.25) is 57.9 Å². The average Bonchev–Trinajstić information content (AvgIpc) is 3.23. The van der Waals surface area contributed by atoms with Crippen molar-refractivity contribution in [1.82, 2.24) is 42.5 Å². The molecule has 1 fully saturated rings. The lowest BCUT2D eigenvalue weighted by molar-refractivity contribution is -0.136. The molecule has 1 aromatic carbocycles. The fourth-order valence-corrected chi connectivity index (χ4v) is 6.34. The fraction of sp³-hybridized carbons (Fsp3) is 0.538. The van der Waals surface area contributed by atoms with Crippen LogP contribution in [0.4, 0.5) is 0 Å². The minimum absolute atomic E-state index is 0.0359. The van der Waals surface area contributed by atoms with Crippen LogP contribution in [0, 0.1) is 0 Å². The van der Waals surface area contributed by atoms with Crippen LogP contribution in [0.15, 0.2) is 40.3 Å². The zero-order chi connectivity index (χ0) is 48.5. The SMILES string of the molecule is CC(=O)N[C@@H](CCCN=C(N)N)C(=O)NC1CCCNC(=O)CCC(C(N)=O)NC(=O)CNC(=O)[C@H](CCCN=C(N)N)NC(=O)C(Cc2ccccc2)NC(=O)[C@H](CC(N)=O)NC1=O. The molecule has 26 heteroatoms. The minimum atomic E-state index is -1.71. The van der Waals surface area contributed by atoms with Gasteiger partial charge in [0, 0.05) is 39.4 Å². The summed E-state index contributed by atoms with van der Waals surface area (Å²) >= 11 is 0. The molecule has 2 rings (SSSR count). The molecule has 1 aliphatic rings. The van der Waals surface area contributed by atoms with Gasteiger partial charge >= 0.3 is 0 Å². The molecule has 358 valence electrons. The van der Waals surface area contributed by atoms with E-state index in [-0.39, 0.29) is 89.3 Å². The maximum atomic E-state index is 14.1. The molecule has 65 heavy (non-hydrogen) atoms. The van der Waals surface area contributed by atoms with Gasteiger partial charge < -0.3 is 76.9 Å². The highest BCUT2D eigenvalue weighted by Crippen LogP contribution is 2.09. The van der Waals surface area contributed by atoms with Gasteiger partial charge in [-0.15, -0.1) is 0 Å². The fourth-order valence-electron chi connectivity index (χ4n) is 6.34. The van der Waals surface area contributed by atoms with Crippen molar-refractivity contribution < 1.29 is 47.9 Å². The molecule has 0 radical (unpaired) electrons. The van der Waals surface area contributed by atoms with E-state index in [0.717, 1.165) is 0 Å². The van der Waals surface area contributed by atoms with E-state index in [1.54, 1.807) is 30.3 Å². The van der Waals surface area contributed by atoms with Crippen molar-refractivity contribution in [3.63, 3.8) is 0 Å². The van der Waals surface area contributed by atoms with E-state index in [1.165, 1.54) is 6.92 Å². The van der Waals surface area contributed by atoms with Gasteiger partial charge in [0.15, 0.2) is 11.9 Å². The van der Waals surface area contributed by atoms with Gasteiger partial charge in [-0.1, -0.05) is 30.3 Å². The Morgan fingerprint density at radius 1 is 0.723 bits per heavy atom. The van der Waals surface area contributed by atoms with Crippen LogP contribution >= 0.6 is 0 Å². The Balaban J connectivity index is 2.59. The number of carbonyl (C=O) groups excluding carboxylic acids is 10. The molecule has 20 N–H and O–H groups in total. The summed E-state index contributed by atoms with van der Waals surface area (Å²) in [4.78, 5) is 139. The zero-order valence-corrected chi connectivity index (χ0v) is 36.2. The first kappa shape index (κ1) is 53.6. The van der Waals surface area contributed by atoms with Gasteiger partial charge in [-0.2, -0.15) is 0 Å². The maximum absolute atomic E-state index is 14.1. The molecule has 1 heterocycles. The second-order valence-corrected chi connectivity index (χ2v) is 15.0. The van der Waals surface area contributed by atoms with E-state index < -0.39 is 108 Å². The zero-order valence-electron chi connectivity index (χ0n) is 36.2. The molecule has 3 unspecified atom stereocenters. The smallest absolute Gasteiger partial charge is 0.243 e. The lowest BCUT2D eigenvalue weighted by Gasteiger charge is -2.27. The first-order valence-electron chi connectivity index (χ1n) is 20.8. The van der Waals surface area contributed by atoms with Crippen molar-refractivity contribution in [3.05, 3.63) is 35.9 Å². The van der Waals surface area contributed by atoms with E-state index in [1.807, 2.05) is 0 Å². The number of primary amides is 2. The van der Waals surface area contributed by atoms with Gasteiger partial charge in [-0.05, 0) is 50.5 Å². The second-order valence-electron chi connectivity index (χ2n) is 15.0. The molecule has 0 aliphatic carbocycles. The summed E-state index contributed by atoms with van der Waals surface area (Å²) in [5, 5.41) is 20.0. The minimum Gasteiger partial charge on any atom is -0.370 e. The lowest BCUT2D eigenvalue weighted by atomic mass is 10.0. The highest BCUT2D eigenvalue weighted by atomic mass is 16.2. The van der Waals surface area contributed by atoms with Crippen molar-refractivity contribution in [2.45, 2.75) is 107 Å². The average molecular weight is 915 g/mol. The number of rotatable bonds is 16. The van der Waals surface area contributed by atoms with Crippen molar-refractivity contribution in [3.8, 4) is 0 Å². The monoisotopic (exact) mass is 914 g/mol. The second kappa shape index (κ2) is 28.2. The number of hydrogen-bond donors (Lipinski definition) is 14. The lowest BCUT2D eigenvalue weighted by Crippen LogP contribution is -2.60. The standard InChI is InChI=1S/C39H62N16O10/c1-21(56)50-25(11-7-17-48-39(44)45)34(62)53-26-12-5-15-46-30(58)14-13-23(32(41)60)51-31(59)20-49-33(61)24(10-6-16-47-38(42)43)52-36(64)27(18-22-8-3-2-4-9-22)54-37(65)28(19-29(40)57)55-35(26)63/h2-4,8-9,23-28H,5-7,10-20H2,1H3,(H2,40,57)(H2,41,60)(H,46,58)(H,49,61)(H,50,56)(H,51,59)(H,52,64)(H,53,62)(H,54,65)(H,55,63)(H4,42,43,47)(H4,44,45,48)/t23?,24-,25-,26?,27?,28-/m0/s1. The van der Waals surface area contributed by atoms with E-state index in [0.29, 0.717) is 5.56 Å². The Labute approximate surface area is 374 Å². The number of nitrogens with two attached hydrogens (primary N) is 6. The number of amides is 10. The van der Waals surface area contributed by atoms with Crippen molar-refractivity contribution in [2.75, 3.05) is 26.2 Å². The highest BCUT2D eigenvalue weighted by Gasteiger charge is 2.33. The van der Waals surface area contributed by atoms with Gasteiger partial charge in [0.1, 0.15) is 36.3 Å². The van der Waals surface area contributed by atoms with E-state index >= 15 is 0 Å². The summed E-state index contributed by atoms with van der Waals surface area (Å²) in [5.74, 6) is -8.97. The van der Waals surface area contributed by atoms with Crippen LogP contribution in [-0.4, -0.2) is 133 Å². The van der Waals surface area contributed by atoms with Gasteiger partial charge in [0.05, 0.1) is 13.0 Å². The molecule has 6 atom stereocenters. The Morgan fingerprint density at radius 2 is 1.34 bits per heavy atom. The van der Waals surface area contributed by atoms with E-state index in [9.17, 15) is 47.9 Å². The predicted octanol–water partition coefficient (Wildman–Crippen LogP) is -6.57. The third-order valence-corrected chi connectivity index (χ3v) is 9.56. The van der Waals surface area contributed by atoms with E-state index in [4.69, 9.17) is 34.4 Å².